The number of hydrogen-bond donors (Lipinski definition) is 1. The zero-order chi connectivity index (χ0) is 11.0. The van der Waals surface area contributed by atoms with E-state index in [0.717, 1.165) is 17.0 Å². The molecule has 0 amide bonds. The van der Waals surface area contributed by atoms with Gasteiger partial charge in [-0.3, -0.25) is 5.10 Å². The molecule has 0 spiro atoms. The first-order valence-electron chi connectivity index (χ1n) is 5.29. The summed E-state index contributed by atoms with van der Waals surface area (Å²) in [6.07, 6.45) is 2.85. The molecule has 2 nitrogen and oxygen atoms in total. The Morgan fingerprint density at radius 3 is 2.80 bits per heavy atom. The summed E-state index contributed by atoms with van der Waals surface area (Å²) in [5.41, 5.74) is 3.61. The first-order valence-corrected chi connectivity index (χ1v) is 5.67. The largest absolute Gasteiger partial charge is 0.278 e. The minimum atomic E-state index is 0.471. The average Bonchev–Trinajstić information content (AvgIpc) is 2.62. The van der Waals surface area contributed by atoms with Gasteiger partial charge in [-0.2, -0.15) is 5.10 Å². The van der Waals surface area contributed by atoms with Crippen molar-refractivity contribution in [2.24, 2.45) is 0 Å². The molecule has 2 aromatic rings. The summed E-state index contributed by atoms with van der Waals surface area (Å²) in [6, 6.07) is 1.97. The molecule has 1 heterocycles. The van der Waals surface area contributed by atoms with Gasteiger partial charge in [0.2, 0.25) is 0 Å². The van der Waals surface area contributed by atoms with Crippen molar-refractivity contribution in [3.05, 3.63) is 28.4 Å². The first kappa shape index (κ1) is 10.5. The van der Waals surface area contributed by atoms with Gasteiger partial charge in [0.15, 0.2) is 0 Å². The molecular formula is C12H15ClN2. The van der Waals surface area contributed by atoms with Crippen molar-refractivity contribution in [3.8, 4) is 0 Å². The van der Waals surface area contributed by atoms with E-state index in [1.807, 2.05) is 12.3 Å². The smallest absolute Gasteiger partial charge is 0.0668 e. The van der Waals surface area contributed by atoms with Crippen molar-refractivity contribution in [3.63, 3.8) is 0 Å². The molecule has 0 atom stereocenters. The molecule has 0 fully saturated rings. The van der Waals surface area contributed by atoms with E-state index in [9.17, 15) is 0 Å². The standard InChI is InChI=1S/C12H15ClN2/c1-4-8-10(13)5-11-9(6-14-15-11)12(8)7(2)3/h5-7H,4H2,1-3H3,(H,14,15). The van der Waals surface area contributed by atoms with Gasteiger partial charge < -0.3 is 0 Å². The highest BCUT2D eigenvalue weighted by Gasteiger charge is 2.14. The van der Waals surface area contributed by atoms with Crippen LogP contribution in [0.3, 0.4) is 0 Å². The molecule has 80 valence electrons. The maximum Gasteiger partial charge on any atom is 0.0668 e. The van der Waals surface area contributed by atoms with Gasteiger partial charge >= 0.3 is 0 Å². The molecule has 2 rings (SSSR count). The van der Waals surface area contributed by atoms with Gasteiger partial charge in [0.1, 0.15) is 0 Å². The number of rotatable bonds is 2. The molecule has 3 heteroatoms. The van der Waals surface area contributed by atoms with Crippen LogP contribution in [0.25, 0.3) is 10.9 Å². The number of H-pyrrole nitrogens is 1. The Morgan fingerprint density at radius 2 is 2.20 bits per heavy atom. The van der Waals surface area contributed by atoms with Crippen molar-refractivity contribution in [1.29, 1.82) is 0 Å². The summed E-state index contributed by atoms with van der Waals surface area (Å²) < 4.78 is 0. The van der Waals surface area contributed by atoms with E-state index >= 15 is 0 Å². The second-order valence-electron chi connectivity index (χ2n) is 4.09. The molecule has 1 N–H and O–H groups in total. The van der Waals surface area contributed by atoms with Gasteiger partial charge in [0.05, 0.1) is 11.7 Å². The molecule has 0 saturated heterocycles. The molecule has 0 bridgehead atoms. The van der Waals surface area contributed by atoms with Gasteiger partial charge in [-0.05, 0) is 29.5 Å². The van der Waals surface area contributed by atoms with Gasteiger partial charge in [-0.1, -0.05) is 32.4 Å². The van der Waals surface area contributed by atoms with Crippen LogP contribution < -0.4 is 0 Å². The van der Waals surface area contributed by atoms with Gasteiger partial charge in [0, 0.05) is 10.4 Å². The van der Waals surface area contributed by atoms with E-state index in [2.05, 4.69) is 31.0 Å². The number of benzene rings is 1. The topological polar surface area (TPSA) is 28.7 Å². The molecule has 0 saturated carbocycles. The van der Waals surface area contributed by atoms with Crippen LogP contribution in [0.4, 0.5) is 0 Å². The highest BCUT2D eigenvalue weighted by atomic mass is 35.5. The molecule has 1 aromatic heterocycles. The molecule has 0 unspecified atom stereocenters. The van der Waals surface area contributed by atoms with Crippen LogP contribution in [-0.2, 0) is 6.42 Å². The number of aromatic nitrogens is 2. The Labute approximate surface area is 94.6 Å². The summed E-state index contributed by atoms with van der Waals surface area (Å²) in [4.78, 5) is 0. The van der Waals surface area contributed by atoms with E-state index in [1.54, 1.807) is 0 Å². The maximum atomic E-state index is 6.26. The van der Waals surface area contributed by atoms with E-state index < -0.39 is 0 Å². The Morgan fingerprint density at radius 1 is 1.47 bits per heavy atom. The Balaban J connectivity index is 2.84. The lowest BCUT2D eigenvalue weighted by atomic mass is 9.92. The minimum absolute atomic E-state index is 0.471. The monoisotopic (exact) mass is 222 g/mol. The number of hydrogen-bond acceptors (Lipinski definition) is 1. The number of aromatic amines is 1. The van der Waals surface area contributed by atoms with Crippen molar-refractivity contribution < 1.29 is 0 Å². The second-order valence-corrected chi connectivity index (χ2v) is 4.50. The summed E-state index contributed by atoms with van der Waals surface area (Å²) in [6.45, 7) is 6.52. The molecule has 0 aliphatic heterocycles. The zero-order valence-electron chi connectivity index (χ0n) is 9.26. The third kappa shape index (κ3) is 1.63. The lowest BCUT2D eigenvalue weighted by Crippen LogP contribution is -1.97. The van der Waals surface area contributed by atoms with Crippen LogP contribution in [0.2, 0.25) is 5.02 Å². The molecule has 0 aliphatic rings. The van der Waals surface area contributed by atoms with Crippen molar-refractivity contribution in [1.82, 2.24) is 10.2 Å². The maximum absolute atomic E-state index is 6.26. The van der Waals surface area contributed by atoms with E-state index in [0.29, 0.717) is 5.92 Å². The normalized spacial score (nSPS) is 11.5. The van der Waals surface area contributed by atoms with Gasteiger partial charge in [0.25, 0.3) is 0 Å². The van der Waals surface area contributed by atoms with Crippen LogP contribution in [0.5, 0.6) is 0 Å². The third-order valence-electron chi connectivity index (χ3n) is 2.77. The highest BCUT2D eigenvalue weighted by Crippen LogP contribution is 2.33. The highest BCUT2D eigenvalue weighted by molar-refractivity contribution is 6.32. The molecule has 0 radical (unpaired) electrons. The van der Waals surface area contributed by atoms with Crippen molar-refractivity contribution in [2.45, 2.75) is 33.1 Å². The fourth-order valence-electron chi connectivity index (χ4n) is 2.14. The quantitative estimate of drug-likeness (QED) is 0.820. The van der Waals surface area contributed by atoms with E-state index in [1.165, 1.54) is 16.5 Å². The van der Waals surface area contributed by atoms with Gasteiger partial charge in [-0.25, -0.2) is 0 Å². The molecule has 0 aliphatic carbocycles. The fraction of sp³-hybridized carbons (Fsp3) is 0.417. The summed E-state index contributed by atoms with van der Waals surface area (Å²) in [5, 5.41) is 9.10. The van der Waals surface area contributed by atoms with Crippen LogP contribution in [0.15, 0.2) is 12.3 Å². The van der Waals surface area contributed by atoms with Crippen LogP contribution in [0, 0.1) is 0 Å². The summed E-state index contributed by atoms with van der Waals surface area (Å²) >= 11 is 6.26. The lowest BCUT2D eigenvalue weighted by Gasteiger charge is -2.14. The van der Waals surface area contributed by atoms with Crippen molar-refractivity contribution in [2.75, 3.05) is 0 Å². The molecule has 1 aromatic carbocycles. The van der Waals surface area contributed by atoms with Crippen LogP contribution >= 0.6 is 11.6 Å². The van der Waals surface area contributed by atoms with Gasteiger partial charge in [-0.15, -0.1) is 0 Å². The third-order valence-corrected chi connectivity index (χ3v) is 3.11. The lowest BCUT2D eigenvalue weighted by molar-refractivity contribution is 0.855. The molecular weight excluding hydrogens is 208 g/mol. The van der Waals surface area contributed by atoms with Crippen LogP contribution in [-0.4, -0.2) is 10.2 Å². The number of nitrogens with one attached hydrogen (secondary N) is 1. The SMILES string of the molecule is CCc1c(Cl)cc2[nH]ncc2c1C(C)C. The Hall–Kier alpha value is -1.02. The fourth-order valence-corrected chi connectivity index (χ4v) is 2.49. The minimum Gasteiger partial charge on any atom is -0.278 e. The predicted molar refractivity (Wildman–Crippen MR) is 64.6 cm³/mol. The zero-order valence-corrected chi connectivity index (χ0v) is 10.0. The molecule has 15 heavy (non-hydrogen) atoms. The average molecular weight is 223 g/mol. The Kier molecular flexibility index (Phi) is 2.70. The number of fused-ring (bicyclic) bond motifs is 1. The number of halogens is 1. The van der Waals surface area contributed by atoms with Crippen LogP contribution in [0.1, 0.15) is 37.8 Å². The van der Waals surface area contributed by atoms with E-state index in [4.69, 9.17) is 11.6 Å². The second kappa shape index (κ2) is 3.86. The summed E-state index contributed by atoms with van der Waals surface area (Å²) in [7, 11) is 0. The predicted octanol–water partition coefficient (Wildman–Crippen LogP) is 3.90. The van der Waals surface area contributed by atoms with E-state index in [-0.39, 0.29) is 0 Å². The number of nitrogens with zero attached hydrogens (tertiary/aromatic N) is 1. The first-order chi connectivity index (χ1) is 7.15. The van der Waals surface area contributed by atoms with Crippen molar-refractivity contribution >= 4 is 22.5 Å². The Bertz CT molecular complexity index is 486. The summed E-state index contributed by atoms with van der Waals surface area (Å²) in [5.74, 6) is 0.471.